The van der Waals surface area contributed by atoms with E-state index in [4.69, 9.17) is 4.74 Å². The summed E-state index contributed by atoms with van der Waals surface area (Å²) in [7, 11) is -0.930. The first-order chi connectivity index (χ1) is 10.6. The molecule has 5 heteroatoms. The van der Waals surface area contributed by atoms with Gasteiger partial charge in [-0.3, -0.25) is 4.21 Å². The Balaban J connectivity index is 1.95. The highest BCUT2D eigenvalue weighted by Gasteiger charge is 2.06. The van der Waals surface area contributed by atoms with Gasteiger partial charge in [-0.05, 0) is 43.2 Å². The topological polar surface area (TPSA) is 51.2 Å². The van der Waals surface area contributed by atoms with E-state index in [1.165, 1.54) is 5.56 Å². The van der Waals surface area contributed by atoms with Crippen molar-refractivity contribution >= 4 is 10.8 Å². The van der Waals surface area contributed by atoms with Crippen LogP contribution in [0.15, 0.2) is 47.5 Å². The first-order valence-electron chi connectivity index (χ1n) is 7.34. The van der Waals surface area contributed by atoms with Crippen LogP contribution < -0.4 is 10.1 Å². The maximum Gasteiger partial charge on any atom is 0.213 e. The summed E-state index contributed by atoms with van der Waals surface area (Å²) < 4.78 is 16.8. The van der Waals surface area contributed by atoms with Crippen LogP contribution in [-0.4, -0.2) is 22.1 Å². The lowest BCUT2D eigenvalue weighted by Gasteiger charge is -2.15. The number of hydrogen-bond acceptors (Lipinski definition) is 4. The monoisotopic (exact) mass is 318 g/mol. The van der Waals surface area contributed by atoms with Gasteiger partial charge in [-0.15, -0.1) is 0 Å². The third kappa shape index (κ3) is 4.64. The maximum absolute atomic E-state index is 11.4. The Morgan fingerprint density at radius 1 is 1.27 bits per heavy atom. The molecule has 0 aliphatic heterocycles. The van der Waals surface area contributed by atoms with Crippen LogP contribution in [0.4, 0.5) is 0 Å². The van der Waals surface area contributed by atoms with Gasteiger partial charge in [0, 0.05) is 46.8 Å². The van der Waals surface area contributed by atoms with E-state index < -0.39 is 10.8 Å². The van der Waals surface area contributed by atoms with Gasteiger partial charge >= 0.3 is 0 Å². The molecule has 0 spiro atoms. The number of pyridine rings is 1. The minimum absolute atomic E-state index is 0.211. The van der Waals surface area contributed by atoms with Gasteiger partial charge < -0.3 is 10.1 Å². The molecule has 0 radical (unpaired) electrons. The van der Waals surface area contributed by atoms with Crippen molar-refractivity contribution in [3.63, 3.8) is 0 Å². The zero-order valence-electron chi connectivity index (χ0n) is 13.2. The van der Waals surface area contributed by atoms with Crippen molar-refractivity contribution in [2.45, 2.75) is 31.3 Å². The van der Waals surface area contributed by atoms with E-state index in [1.807, 2.05) is 43.3 Å². The Labute approximate surface area is 134 Å². The SMILES string of the molecule is CCOc1cc(CN[C@H](C)c2ccc([S@](C)=O)cc2)ccn1. The lowest BCUT2D eigenvalue weighted by Crippen LogP contribution is -2.18. The smallest absolute Gasteiger partial charge is 0.213 e. The number of nitrogens with one attached hydrogen (secondary N) is 1. The summed E-state index contributed by atoms with van der Waals surface area (Å²) in [6.07, 6.45) is 3.45. The summed E-state index contributed by atoms with van der Waals surface area (Å²) in [5.74, 6) is 0.657. The van der Waals surface area contributed by atoms with E-state index in [1.54, 1.807) is 12.5 Å². The highest BCUT2D eigenvalue weighted by molar-refractivity contribution is 7.84. The number of benzene rings is 1. The van der Waals surface area contributed by atoms with Crippen molar-refractivity contribution in [3.05, 3.63) is 53.7 Å². The number of ether oxygens (including phenoxy) is 1. The van der Waals surface area contributed by atoms with E-state index in [2.05, 4.69) is 17.2 Å². The molecule has 22 heavy (non-hydrogen) atoms. The van der Waals surface area contributed by atoms with Crippen molar-refractivity contribution in [3.8, 4) is 5.88 Å². The van der Waals surface area contributed by atoms with Crippen molar-refractivity contribution in [2.24, 2.45) is 0 Å². The van der Waals surface area contributed by atoms with Crippen LogP contribution in [0.25, 0.3) is 0 Å². The molecule has 1 aromatic carbocycles. The van der Waals surface area contributed by atoms with E-state index in [-0.39, 0.29) is 6.04 Å². The van der Waals surface area contributed by atoms with E-state index in [0.29, 0.717) is 12.5 Å². The lowest BCUT2D eigenvalue weighted by molar-refractivity contribution is 0.326. The Kier molecular flexibility index (Phi) is 6.10. The quantitative estimate of drug-likeness (QED) is 0.852. The first kappa shape index (κ1) is 16.6. The van der Waals surface area contributed by atoms with E-state index in [9.17, 15) is 4.21 Å². The molecule has 0 aliphatic rings. The van der Waals surface area contributed by atoms with Crippen LogP contribution in [0, 0.1) is 0 Å². The second-order valence-electron chi connectivity index (χ2n) is 5.06. The van der Waals surface area contributed by atoms with Gasteiger partial charge in [0.2, 0.25) is 5.88 Å². The Morgan fingerprint density at radius 3 is 2.64 bits per heavy atom. The third-order valence-corrected chi connectivity index (χ3v) is 4.35. The molecule has 1 heterocycles. The third-order valence-electron chi connectivity index (χ3n) is 3.42. The van der Waals surface area contributed by atoms with Crippen molar-refractivity contribution in [2.75, 3.05) is 12.9 Å². The number of rotatable bonds is 7. The molecule has 2 atom stereocenters. The van der Waals surface area contributed by atoms with E-state index >= 15 is 0 Å². The number of nitrogens with zero attached hydrogens (tertiary/aromatic N) is 1. The molecule has 2 aromatic rings. The highest BCUT2D eigenvalue weighted by atomic mass is 32.2. The van der Waals surface area contributed by atoms with Gasteiger partial charge in [0.25, 0.3) is 0 Å². The number of aromatic nitrogens is 1. The number of hydrogen-bond donors (Lipinski definition) is 1. The molecule has 0 saturated heterocycles. The van der Waals surface area contributed by atoms with Gasteiger partial charge in [0.15, 0.2) is 0 Å². The molecule has 2 rings (SSSR count). The lowest BCUT2D eigenvalue weighted by atomic mass is 10.1. The van der Waals surface area contributed by atoms with Crippen LogP contribution in [0.2, 0.25) is 0 Å². The van der Waals surface area contributed by atoms with Crippen LogP contribution in [-0.2, 0) is 17.3 Å². The highest BCUT2D eigenvalue weighted by Crippen LogP contribution is 2.16. The van der Waals surface area contributed by atoms with Crippen molar-refractivity contribution < 1.29 is 8.95 Å². The Bertz CT molecular complexity index is 629. The van der Waals surface area contributed by atoms with Gasteiger partial charge in [0.1, 0.15) is 0 Å². The molecule has 1 N–H and O–H groups in total. The van der Waals surface area contributed by atoms with Crippen LogP contribution in [0.3, 0.4) is 0 Å². The molecule has 4 nitrogen and oxygen atoms in total. The van der Waals surface area contributed by atoms with Crippen molar-refractivity contribution in [1.29, 1.82) is 0 Å². The fourth-order valence-corrected chi connectivity index (χ4v) is 2.64. The van der Waals surface area contributed by atoms with Gasteiger partial charge in [-0.25, -0.2) is 4.98 Å². The molecule has 0 fully saturated rings. The normalized spacial score (nSPS) is 13.6. The standard InChI is InChI=1S/C17H22N2O2S/c1-4-21-17-11-14(9-10-18-17)12-19-13(2)15-5-7-16(8-6-15)22(3)20/h5-11,13,19H,4,12H2,1-3H3/t13-,22+/m1/s1. The first-order valence-corrected chi connectivity index (χ1v) is 8.90. The second kappa shape index (κ2) is 8.06. The Hall–Kier alpha value is -1.72. The van der Waals surface area contributed by atoms with Gasteiger partial charge in [0.05, 0.1) is 6.61 Å². The van der Waals surface area contributed by atoms with Crippen molar-refractivity contribution in [1.82, 2.24) is 10.3 Å². The summed E-state index contributed by atoms with van der Waals surface area (Å²) in [4.78, 5) is 5.01. The minimum Gasteiger partial charge on any atom is -0.478 e. The van der Waals surface area contributed by atoms with Crippen LogP contribution in [0.5, 0.6) is 5.88 Å². The minimum atomic E-state index is -0.930. The Morgan fingerprint density at radius 2 is 2.00 bits per heavy atom. The second-order valence-corrected chi connectivity index (χ2v) is 6.44. The zero-order valence-corrected chi connectivity index (χ0v) is 14.0. The summed E-state index contributed by atoms with van der Waals surface area (Å²) in [5.41, 5.74) is 2.31. The molecule has 0 amide bonds. The molecular formula is C17H22N2O2S. The molecular weight excluding hydrogens is 296 g/mol. The predicted molar refractivity (Wildman–Crippen MR) is 89.4 cm³/mol. The zero-order chi connectivity index (χ0) is 15.9. The fraction of sp³-hybridized carbons (Fsp3) is 0.353. The molecule has 0 unspecified atom stereocenters. The summed E-state index contributed by atoms with van der Waals surface area (Å²) in [6.45, 7) is 5.42. The molecule has 1 aromatic heterocycles. The summed E-state index contributed by atoms with van der Waals surface area (Å²) in [5, 5.41) is 3.47. The molecule has 0 bridgehead atoms. The molecule has 0 saturated carbocycles. The molecule has 0 aliphatic carbocycles. The van der Waals surface area contributed by atoms with Gasteiger partial charge in [-0.2, -0.15) is 0 Å². The average Bonchev–Trinajstić information content (AvgIpc) is 2.53. The van der Waals surface area contributed by atoms with Crippen LogP contribution >= 0.6 is 0 Å². The largest absolute Gasteiger partial charge is 0.478 e. The average molecular weight is 318 g/mol. The molecule has 118 valence electrons. The summed E-state index contributed by atoms with van der Waals surface area (Å²) in [6, 6.07) is 12.0. The maximum atomic E-state index is 11.4. The summed E-state index contributed by atoms with van der Waals surface area (Å²) >= 11 is 0. The van der Waals surface area contributed by atoms with E-state index in [0.717, 1.165) is 17.0 Å². The fourth-order valence-electron chi connectivity index (χ4n) is 2.12. The predicted octanol–water partition coefficient (Wildman–Crippen LogP) is 3.07. The van der Waals surface area contributed by atoms with Gasteiger partial charge in [-0.1, -0.05) is 12.1 Å². The van der Waals surface area contributed by atoms with Crippen LogP contribution in [0.1, 0.15) is 31.0 Å².